The molecule has 188 valence electrons. The molecule has 0 atom stereocenters. The molecule has 0 aliphatic heterocycles. The fourth-order valence-electron chi connectivity index (χ4n) is 5.15. The third kappa shape index (κ3) is 7.81. The Balaban J connectivity index is 1.43. The van der Waals surface area contributed by atoms with Crippen LogP contribution in [0.15, 0.2) is 91.0 Å². The zero-order chi connectivity index (χ0) is 25.0. The van der Waals surface area contributed by atoms with Crippen molar-refractivity contribution < 1.29 is 9.59 Å². The van der Waals surface area contributed by atoms with Gasteiger partial charge in [-0.05, 0) is 36.0 Å². The Morgan fingerprint density at radius 3 is 1.81 bits per heavy atom. The van der Waals surface area contributed by atoms with Crippen LogP contribution in [0.2, 0.25) is 0 Å². The lowest BCUT2D eigenvalue weighted by atomic mass is 9.93. The second-order valence-corrected chi connectivity index (χ2v) is 9.83. The van der Waals surface area contributed by atoms with Gasteiger partial charge in [0.05, 0.1) is 6.42 Å². The first-order valence-electron chi connectivity index (χ1n) is 13.4. The van der Waals surface area contributed by atoms with Crippen molar-refractivity contribution in [3.8, 4) is 0 Å². The van der Waals surface area contributed by atoms with Gasteiger partial charge in [-0.15, -0.1) is 0 Å². The van der Waals surface area contributed by atoms with Gasteiger partial charge in [0.1, 0.15) is 0 Å². The van der Waals surface area contributed by atoms with Gasteiger partial charge in [0.15, 0.2) is 0 Å². The van der Waals surface area contributed by atoms with E-state index in [-0.39, 0.29) is 17.9 Å². The predicted molar refractivity (Wildman–Crippen MR) is 145 cm³/mol. The number of hydrogen-bond donors (Lipinski definition) is 0. The van der Waals surface area contributed by atoms with Crippen LogP contribution in [0.4, 0.5) is 0 Å². The Morgan fingerprint density at radius 2 is 1.19 bits per heavy atom. The summed E-state index contributed by atoms with van der Waals surface area (Å²) in [5.74, 6) is 0.253. The molecule has 0 bridgehead atoms. The van der Waals surface area contributed by atoms with Gasteiger partial charge in [0.2, 0.25) is 11.8 Å². The molecule has 0 spiro atoms. The van der Waals surface area contributed by atoms with E-state index in [1.165, 1.54) is 12.0 Å². The predicted octanol–water partition coefficient (Wildman–Crippen LogP) is 6.05. The number of benzene rings is 3. The standard InChI is InChI=1S/C32H38N2O2/c35-31(33(26-29-17-9-3-10-18-29)23-21-27-13-5-1-6-14-27)22-24-34(30-19-11-4-12-20-30)32(36)25-28-15-7-2-8-16-28/h1-3,5-10,13-18,30H,4,11-12,19-26H2. The van der Waals surface area contributed by atoms with E-state index in [9.17, 15) is 9.59 Å². The lowest BCUT2D eigenvalue weighted by Gasteiger charge is -2.35. The maximum atomic E-state index is 13.5. The lowest BCUT2D eigenvalue weighted by Crippen LogP contribution is -2.44. The average Bonchev–Trinajstić information content (AvgIpc) is 2.93. The molecule has 1 aliphatic rings. The molecule has 0 N–H and O–H groups in total. The van der Waals surface area contributed by atoms with Crippen LogP contribution in [0.25, 0.3) is 0 Å². The number of carbonyl (C=O) groups is 2. The summed E-state index contributed by atoms with van der Waals surface area (Å²) >= 11 is 0. The third-order valence-corrected chi connectivity index (χ3v) is 7.18. The second kappa shape index (κ2) is 13.6. The van der Waals surface area contributed by atoms with E-state index in [0.29, 0.717) is 32.5 Å². The number of hydrogen-bond acceptors (Lipinski definition) is 2. The zero-order valence-corrected chi connectivity index (χ0v) is 21.2. The van der Waals surface area contributed by atoms with E-state index >= 15 is 0 Å². The minimum Gasteiger partial charge on any atom is -0.339 e. The van der Waals surface area contributed by atoms with Crippen LogP contribution >= 0.6 is 0 Å². The first-order chi connectivity index (χ1) is 17.7. The minimum atomic E-state index is 0.114. The van der Waals surface area contributed by atoms with Gasteiger partial charge in [-0.25, -0.2) is 0 Å². The van der Waals surface area contributed by atoms with Gasteiger partial charge >= 0.3 is 0 Å². The summed E-state index contributed by atoms with van der Waals surface area (Å²) in [4.78, 5) is 30.9. The molecular weight excluding hydrogens is 444 g/mol. The number of rotatable bonds is 11. The Morgan fingerprint density at radius 1 is 0.639 bits per heavy atom. The topological polar surface area (TPSA) is 40.6 Å². The quantitative estimate of drug-likeness (QED) is 0.334. The van der Waals surface area contributed by atoms with Crippen molar-refractivity contribution in [1.82, 2.24) is 9.80 Å². The molecule has 3 aromatic carbocycles. The van der Waals surface area contributed by atoms with Gasteiger partial charge in [0.25, 0.3) is 0 Å². The van der Waals surface area contributed by atoms with E-state index in [1.54, 1.807) is 0 Å². The number of carbonyl (C=O) groups excluding carboxylic acids is 2. The molecule has 1 saturated carbocycles. The van der Waals surface area contributed by atoms with Crippen molar-refractivity contribution in [2.45, 2.75) is 64.0 Å². The SMILES string of the molecule is O=C(CCN(C(=O)Cc1ccccc1)C1CCCCC1)N(CCc1ccccc1)Cc1ccccc1. The normalized spacial score (nSPS) is 13.8. The van der Waals surface area contributed by atoms with Crippen LogP contribution in [0.1, 0.15) is 55.2 Å². The monoisotopic (exact) mass is 482 g/mol. The fourth-order valence-corrected chi connectivity index (χ4v) is 5.15. The highest BCUT2D eigenvalue weighted by Crippen LogP contribution is 2.24. The Labute approximate surface area is 215 Å². The maximum Gasteiger partial charge on any atom is 0.227 e. The van der Waals surface area contributed by atoms with Crippen LogP contribution in [0, 0.1) is 0 Å². The summed E-state index contributed by atoms with van der Waals surface area (Å²) in [6, 6.07) is 30.7. The molecule has 3 aromatic rings. The molecule has 4 rings (SSSR count). The Hall–Kier alpha value is -3.40. The van der Waals surface area contributed by atoms with Crippen molar-refractivity contribution in [2.75, 3.05) is 13.1 Å². The van der Waals surface area contributed by atoms with Gasteiger partial charge in [0, 0.05) is 32.1 Å². The molecule has 36 heavy (non-hydrogen) atoms. The van der Waals surface area contributed by atoms with E-state index in [4.69, 9.17) is 0 Å². The van der Waals surface area contributed by atoms with Gasteiger partial charge in [-0.1, -0.05) is 110 Å². The third-order valence-electron chi connectivity index (χ3n) is 7.18. The van der Waals surface area contributed by atoms with Gasteiger partial charge in [-0.3, -0.25) is 9.59 Å². The first-order valence-corrected chi connectivity index (χ1v) is 13.4. The molecule has 0 saturated heterocycles. The van der Waals surface area contributed by atoms with Gasteiger partial charge < -0.3 is 9.80 Å². The highest BCUT2D eigenvalue weighted by molar-refractivity contribution is 5.81. The molecule has 0 aromatic heterocycles. The van der Waals surface area contributed by atoms with E-state index in [2.05, 4.69) is 24.3 Å². The van der Waals surface area contributed by atoms with Crippen molar-refractivity contribution in [3.05, 3.63) is 108 Å². The molecule has 0 radical (unpaired) electrons. The Bertz CT molecular complexity index is 1060. The van der Waals surface area contributed by atoms with Crippen LogP contribution in [-0.4, -0.2) is 40.7 Å². The molecule has 0 heterocycles. The summed E-state index contributed by atoms with van der Waals surface area (Å²) in [5.41, 5.74) is 3.39. The smallest absolute Gasteiger partial charge is 0.227 e. The molecule has 2 amide bonds. The van der Waals surface area contributed by atoms with E-state index in [1.807, 2.05) is 76.5 Å². The molecular formula is C32H38N2O2. The summed E-state index contributed by atoms with van der Waals surface area (Å²) in [5, 5.41) is 0. The Kier molecular flexibility index (Phi) is 9.72. The highest BCUT2D eigenvalue weighted by atomic mass is 16.2. The average molecular weight is 483 g/mol. The van der Waals surface area contributed by atoms with Crippen LogP contribution in [-0.2, 0) is 29.0 Å². The second-order valence-electron chi connectivity index (χ2n) is 9.83. The molecule has 1 aliphatic carbocycles. The van der Waals surface area contributed by atoms with Crippen molar-refractivity contribution in [2.24, 2.45) is 0 Å². The highest BCUT2D eigenvalue weighted by Gasteiger charge is 2.26. The van der Waals surface area contributed by atoms with E-state index in [0.717, 1.165) is 43.2 Å². The summed E-state index contributed by atoms with van der Waals surface area (Å²) < 4.78 is 0. The summed E-state index contributed by atoms with van der Waals surface area (Å²) in [7, 11) is 0. The van der Waals surface area contributed by atoms with Crippen molar-refractivity contribution in [1.29, 1.82) is 0 Å². The van der Waals surface area contributed by atoms with E-state index < -0.39 is 0 Å². The van der Waals surface area contributed by atoms with Crippen LogP contribution in [0.3, 0.4) is 0 Å². The molecule has 4 heteroatoms. The van der Waals surface area contributed by atoms with Crippen molar-refractivity contribution >= 4 is 11.8 Å². The first kappa shape index (κ1) is 25.7. The molecule has 1 fully saturated rings. The minimum absolute atomic E-state index is 0.114. The van der Waals surface area contributed by atoms with Crippen LogP contribution < -0.4 is 0 Å². The molecule has 0 unspecified atom stereocenters. The summed E-state index contributed by atoms with van der Waals surface area (Å²) in [6.07, 6.45) is 7.20. The van der Waals surface area contributed by atoms with Crippen molar-refractivity contribution in [3.63, 3.8) is 0 Å². The van der Waals surface area contributed by atoms with Crippen LogP contribution in [0.5, 0.6) is 0 Å². The zero-order valence-electron chi connectivity index (χ0n) is 21.2. The summed E-state index contributed by atoms with van der Waals surface area (Å²) in [6.45, 7) is 1.75. The number of nitrogens with zero attached hydrogens (tertiary/aromatic N) is 2. The van der Waals surface area contributed by atoms with Gasteiger partial charge in [-0.2, -0.15) is 0 Å². The maximum absolute atomic E-state index is 13.5. The largest absolute Gasteiger partial charge is 0.339 e. The fraction of sp³-hybridized carbons (Fsp3) is 0.375. The lowest BCUT2D eigenvalue weighted by molar-refractivity contribution is -0.136. The number of amides is 2. The molecule has 4 nitrogen and oxygen atoms in total.